The van der Waals surface area contributed by atoms with Crippen LogP contribution in [0.2, 0.25) is 0 Å². The van der Waals surface area contributed by atoms with Crippen molar-refractivity contribution in [3.05, 3.63) is 78.5 Å². The van der Waals surface area contributed by atoms with Crippen molar-refractivity contribution in [1.29, 1.82) is 0 Å². The Morgan fingerprint density at radius 2 is 1.97 bits per heavy atom. The zero-order chi connectivity index (χ0) is 26.3. The van der Waals surface area contributed by atoms with Crippen molar-refractivity contribution in [3.63, 3.8) is 0 Å². The van der Waals surface area contributed by atoms with E-state index in [-0.39, 0.29) is 39.9 Å². The number of rotatable bonds is 9. The lowest BCUT2D eigenvalue weighted by Gasteiger charge is -2.12. The first kappa shape index (κ1) is 26.9. The van der Waals surface area contributed by atoms with Crippen LogP contribution in [0, 0.1) is 0 Å². The molecule has 3 aromatic heterocycles. The summed E-state index contributed by atoms with van der Waals surface area (Å²) in [5, 5.41) is 7.90. The lowest BCUT2D eigenvalue weighted by molar-refractivity contribution is -0.142. The minimum absolute atomic E-state index is 0.0185. The lowest BCUT2D eigenvalue weighted by atomic mass is 9.95. The molecule has 0 N–H and O–H groups in total. The first-order chi connectivity index (χ1) is 17.3. The molecule has 3 rings (SSSR count). The standard InChI is InChI=1S/C25H23ClF4N4O2/c1-4-6-10-17(5-2)18(12-27)22-21(20-14-31-15-35-20)23(36-33-22)19-13-32-34(24(19)25(28,29)30)16(3)9-7-8-11-26/h4,6-10,12-15H,5,11H2,1-3H3/b6-4-,8-7-,16-9+,17-10-,18-12-. The number of nitrogens with zero attached hydrogens (tertiary/aromatic N) is 4. The van der Waals surface area contributed by atoms with Gasteiger partial charge >= 0.3 is 6.18 Å². The maximum Gasteiger partial charge on any atom is 0.434 e. The van der Waals surface area contributed by atoms with E-state index >= 15 is 0 Å². The van der Waals surface area contributed by atoms with E-state index in [4.69, 9.17) is 20.5 Å². The molecule has 0 saturated carbocycles. The molecular weight excluding hydrogens is 500 g/mol. The molecule has 0 aliphatic heterocycles. The summed E-state index contributed by atoms with van der Waals surface area (Å²) in [6.07, 6.45) is 9.07. The largest absolute Gasteiger partial charge is 0.443 e. The summed E-state index contributed by atoms with van der Waals surface area (Å²) >= 11 is 5.60. The van der Waals surface area contributed by atoms with Crippen LogP contribution < -0.4 is 0 Å². The Labute approximate surface area is 209 Å². The fourth-order valence-corrected chi connectivity index (χ4v) is 3.60. The molecule has 0 spiro atoms. The van der Waals surface area contributed by atoms with Gasteiger partial charge < -0.3 is 8.94 Å². The highest BCUT2D eigenvalue weighted by Crippen LogP contribution is 2.45. The fourth-order valence-electron chi connectivity index (χ4n) is 3.49. The van der Waals surface area contributed by atoms with E-state index < -0.39 is 17.4 Å². The number of hydrogen-bond donors (Lipinski definition) is 0. The zero-order valence-corrected chi connectivity index (χ0v) is 20.4. The second kappa shape index (κ2) is 11.9. The highest BCUT2D eigenvalue weighted by molar-refractivity contribution is 6.18. The first-order valence-electron chi connectivity index (χ1n) is 10.8. The van der Waals surface area contributed by atoms with Crippen LogP contribution in [-0.2, 0) is 6.18 Å². The van der Waals surface area contributed by atoms with Crippen molar-refractivity contribution in [2.24, 2.45) is 0 Å². The van der Waals surface area contributed by atoms with Crippen molar-refractivity contribution in [3.8, 4) is 22.6 Å². The van der Waals surface area contributed by atoms with Gasteiger partial charge in [-0.1, -0.05) is 42.5 Å². The Morgan fingerprint density at radius 1 is 1.19 bits per heavy atom. The predicted molar refractivity (Wildman–Crippen MR) is 130 cm³/mol. The van der Waals surface area contributed by atoms with E-state index in [9.17, 15) is 17.6 Å². The van der Waals surface area contributed by atoms with Crippen LogP contribution in [0.5, 0.6) is 0 Å². The molecule has 0 aromatic carbocycles. The van der Waals surface area contributed by atoms with Crippen LogP contribution in [0.3, 0.4) is 0 Å². The molecule has 0 bridgehead atoms. The van der Waals surface area contributed by atoms with E-state index in [2.05, 4.69) is 15.2 Å². The summed E-state index contributed by atoms with van der Waals surface area (Å²) in [5.74, 6) is -0.0283. The molecule has 0 aliphatic rings. The van der Waals surface area contributed by atoms with E-state index in [1.807, 2.05) is 6.92 Å². The number of allylic oxidation sites excluding steroid dienone is 9. The van der Waals surface area contributed by atoms with Crippen molar-refractivity contribution < 1.29 is 26.5 Å². The quantitative estimate of drug-likeness (QED) is 0.161. The molecule has 0 radical (unpaired) electrons. The Bertz CT molecular complexity index is 1330. The smallest absolute Gasteiger partial charge is 0.434 e. The van der Waals surface area contributed by atoms with Gasteiger partial charge in [0.25, 0.3) is 0 Å². The number of alkyl halides is 4. The van der Waals surface area contributed by atoms with E-state index in [0.717, 1.165) is 17.3 Å². The predicted octanol–water partition coefficient (Wildman–Crippen LogP) is 8.09. The van der Waals surface area contributed by atoms with Crippen LogP contribution in [0.1, 0.15) is 38.6 Å². The maximum atomic E-state index is 14.3. The third-order valence-corrected chi connectivity index (χ3v) is 5.31. The third-order valence-electron chi connectivity index (χ3n) is 5.13. The van der Waals surface area contributed by atoms with Gasteiger partial charge in [-0.2, -0.15) is 18.3 Å². The Kier molecular flexibility index (Phi) is 8.87. The summed E-state index contributed by atoms with van der Waals surface area (Å²) in [6.45, 7) is 5.08. The molecule has 11 heteroatoms. The fraction of sp³-hybridized carbons (Fsp3) is 0.240. The summed E-state index contributed by atoms with van der Waals surface area (Å²) in [5.41, 5.74) is -0.721. The summed E-state index contributed by atoms with van der Waals surface area (Å²) in [4.78, 5) is 3.85. The lowest BCUT2D eigenvalue weighted by Crippen LogP contribution is -2.14. The van der Waals surface area contributed by atoms with E-state index in [1.165, 1.54) is 25.3 Å². The molecule has 0 unspecified atom stereocenters. The molecule has 36 heavy (non-hydrogen) atoms. The molecule has 0 saturated heterocycles. The number of oxazole rings is 1. The molecule has 3 heterocycles. The van der Waals surface area contributed by atoms with Crippen LogP contribution in [0.15, 0.2) is 76.1 Å². The van der Waals surface area contributed by atoms with Gasteiger partial charge in [0.05, 0.1) is 29.9 Å². The maximum absolute atomic E-state index is 14.3. The minimum atomic E-state index is -4.82. The second-order valence-corrected chi connectivity index (χ2v) is 7.71. The average Bonchev–Trinajstić information content (AvgIpc) is 3.60. The van der Waals surface area contributed by atoms with Gasteiger partial charge in [0, 0.05) is 17.2 Å². The van der Waals surface area contributed by atoms with Crippen LogP contribution in [-0.4, -0.2) is 25.8 Å². The van der Waals surface area contributed by atoms with Crippen LogP contribution in [0.4, 0.5) is 17.6 Å². The first-order valence-corrected chi connectivity index (χ1v) is 11.4. The van der Waals surface area contributed by atoms with Gasteiger partial charge in [-0.05, 0) is 31.9 Å². The summed E-state index contributed by atoms with van der Waals surface area (Å²) in [6, 6.07) is 0. The second-order valence-electron chi connectivity index (χ2n) is 7.40. The van der Waals surface area contributed by atoms with E-state index in [1.54, 1.807) is 31.2 Å². The normalized spacial score (nSPS) is 14.1. The number of aromatic nitrogens is 4. The highest BCUT2D eigenvalue weighted by atomic mass is 35.5. The molecule has 0 amide bonds. The molecule has 0 fully saturated rings. The SMILES string of the molecule is C\C=C/C=C(CC)\C(=C\F)c1noc(-c2cnn(/C(C)=C/C=C\CCl)c2C(F)(F)F)c1-c1cnco1. The summed E-state index contributed by atoms with van der Waals surface area (Å²) in [7, 11) is 0. The zero-order valence-electron chi connectivity index (χ0n) is 19.7. The molecule has 0 aliphatic carbocycles. The van der Waals surface area contributed by atoms with Gasteiger partial charge in [-0.3, -0.25) is 0 Å². The minimum Gasteiger partial charge on any atom is -0.443 e. The van der Waals surface area contributed by atoms with Crippen molar-refractivity contribution >= 4 is 22.9 Å². The Balaban J connectivity index is 2.30. The van der Waals surface area contributed by atoms with Gasteiger partial charge in [0.15, 0.2) is 23.6 Å². The Morgan fingerprint density at radius 3 is 2.56 bits per heavy atom. The number of halogens is 5. The third kappa shape index (κ3) is 5.59. The molecule has 0 atom stereocenters. The van der Waals surface area contributed by atoms with Gasteiger partial charge in [-0.15, -0.1) is 11.6 Å². The van der Waals surface area contributed by atoms with Crippen molar-refractivity contribution in [1.82, 2.24) is 19.9 Å². The van der Waals surface area contributed by atoms with Gasteiger partial charge in [-0.25, -0.2) is 14.1 Å². The molecule has 190 valence electrons. The molecular formula is C25H23ClF4N4O2. The summed E-state index contributed by atoms with van der Waals surface area (Å²) < 4.78 is 68.6. The van der Waals surface area contributed by atoms with Gasteiger partial charge in [0.2, 0.25) is 0 Å². The number of hydrogen-bond acceptors (Lipinski definition) is 5. The average molecular weight is 523 g/mol. The topological polar surface area (TPSA) is 69.9 Å². The van der Waals surface area contributed by atoms with E-state index in [0.29, 0.717) is 18.3 Å². The van der Waals surface area contributed by atoms with Crippen LogP contribution in [0.25, 0.3) is 33.9 Å². The molecule has 3 aromatic rings. The van der Waals surface area contributed by atoms with Crippen molar-refractivity contribution in [2.75, 3.05) is 5.88 Å². The molecule has 6 nitrogen and oxygen atoms in total. The van der Waals surface area contributed by atoms with Gasteiger partial charge in [0.1, 0.15) is 5.69 Å². The van der Waals surface area contributed by atoms with Crippen LogP contribution >= 0.6 is 11.6 Å². The highest BCUT2D eigenvalue weighted by Gasteiger charge is 2.41. The Hall–Kier alpha value is -3.66. The monoisotopic (exact) mass is 522 g/mol. The van der Waals surface area contributed by atoms with Crippen molar-refractivity contribution in [2.45, 2.75) is 33.4 Å².